The predicted octanol–water partition coefficient (Wildman–Crippen LogP) is 6.82. The molecule has 0 fully saturated rings. The number of hydrogen-bond acceptors (Lipinski definition) is 3. The van der Waals surface area contributed by atoms with Gasteiger partial charge in [0.05, 0.1) is 21.1 Å². The third-order valence-electron chi connectivity index (χ3n) is 4.87. The lowest BCUT2D eigenvalue weighted by molar-refractivity contribution is -0.118. The molecule has 0 spiro atoms. The Morgan fingerprint density at radius 3 is 2.42 bits per heavy atom. The van der Waals surface area contributed by atoms with E-state index in [4.69, 9.17) is 39.5 Å². The summed E-state index contributed by atoms with van der Waals surface area (Å²) in [6.07, 6.45) is 0. The van der Waals surface area contributed by atoms with Gasteiger partial charge >= 0.3 is 0 Å². The molecule has 2 N–H and O–H groups in total. The first kappa shape index (κ1) is 21.5. The van der Waals surface area contributed by atoms with Crippen LogP contribution in [0.25, 0.3) is 22.4 Å². The number of ether oxygens (including phenoxy) is 1. The molecule has 5 nitrogen and oxygen atoms in total. The number of anilines is 1. The van der Waals surface area contributed by atoms with Gasteiger partial charge in [-0.15, -0.1) is 0 Å². The van der Waals surface area contributed by atoms with E-state index in [-0.39, 0.29) is 18.3 Å². The lowest BCUT2D eigenvalue weighted by atomic mass is 10.1. The van der Waals surface area contributed by atoms with Crippen molar-refractivity contribution in [2.45, 2.75) is 13.8 Å². The Kier molecular flexibility index (Phi) is 6.10. The summed E-state index contributed by atoms with van der Waals surface area (Å²) < 4.78 is 5.62. The number of nitrogens with zero attached hydrogens (tertiary/aromatic N) is 1. The molecule has 1 heterocycles. The Balaban J connectivity index is 1.48. The van der Waals surface area contributed by atoms with E-state index in [1.54, 1.807) is 19.9 Å². The Morgan fingerprint density at radius 1 is 1.00 bits per heavy atom. The number of aromatic amines is 1. The van der Waals surface area contributed by atoms with E-state index in [0.29, 0.717) is 31.9 Å². The topological polar surface area (TPSA) is 67.0 Å². The van der Waals surface area contributed by atoms with Crippen molar-refractivity contribution in [3.05, 3.63) is 74.7 Å². The number of para-hydroxylation sites is 2. The number of imidazole rings is 1. The largest absolute Gasteiger partial charge is 0.481 e. The molecule has 0 aliphatic rings. The fraction of sp³-hybridized carbons (Fsp3) is 0.130. The van der Waals surface area contributed by atoms with Crippen LogP contribution in [-0.4, -0.2) is 22.5 Å². The zero-order valence-corrected chi connectivity index (χ0v) is 19.0. The number of rotatable bonds is 5. The first-order chi connectivity index (χ1) is 14.8. The molecule has 3 aromatic carbocycles. The van der Waals surface area contributed by atoms with Crippen LogP contribution in [0, 0.1) is 13.8 Å². The second kappa shape index (κ2) is 8.79. The fourth-order valence-corrected chi connectivity index (χ4v) is 4.03. The van der Waals surface area contributed by atoms with Crippen LogP contribution in [0.4, 0.5) is 5.69 Å². The second-order valence-corrected chi connectivity index (χ2v) is 8.18. The monoisotopic (exact) mass is 473 g/mol. The third-order valence-corrected chi connectivity index (χ3v) is 6.35. The van der Waals surface area contributed by atoms with Gasteiger partial charge in [-0.25, -0.2) is 4.98 Å². The molecule has 4 aromatic rings. The van der Waals surface area contributed by atoms with Crippen molar-refractivity contribution >= 4 is 57.4 Å². The van der Waals surface area contributed by atoms with Crippen LogP contribution in [0.5, 0.6) is 5.75 Å². The standard InChI is InChI=1S/C23H18Cl3N3O2/c1-12-19(24)13(2)21(26)22(20(12)25)31-11-18(30)27-15-7-5-6-14(10-15)23-28-16-8-3-4-9-17(16)29-23/h3-10H,11H2,1-2H3,(H,27,30)(H,28,29). The first-order valence-electron chi connectivity index (χ1n) is 9.46. The number of hydrogen-bond donors (Lipinski definition) is 2. The average Bonchev–Trinajstić information content (AvgIpc) is 3.21. The number of H-pyrrole nitrogens is 1. The van der Waals surface area contributed by atoms with Crippen LogP contribution >= 0.6 is 34.8 Å². The average molecular weight is 475 g/mol. The van der Waals surface area contributed by atoms with Crippen molar-refractivity contribution in [3.8, 4) is 17.1 Å². The van der Waals surface area contributed by atoms with Crippen LogP contribution in [0.3, 0.4) is 0 Å². The molecule has 0 saturated heterocycles. The van der Waals surface area contributed by atoms with Crippen molar-refractivity contribution in [2.75, 3.05) is 11.9 Å². The highest BCUT2D eigenvalue weighted by Crippen LogP contribution is 2.42. The molecule has 0 bridgehead atoms. The summed E-state index contributed by atoms with van der Waals surface area (Å²) in [5.74, 6) is 0.618. The smallest absolute Gasteiger partial charge is 0.262 e. The Bertz CT molecular complexity index is 1240. The normalized spacial score (nSPS) is 11.0. The fourth-order valence-electron chi connectivity index (χ4n) is 3.21. The van der Waals surface area contributed by atoms with Crippen LogP contribution in [0.2, 0.25) is 15.1 Å². The Morgan fingerprint density at radius 2 is 1.71 bits per heavy atom. The quantitative estimate of drug-likeness (QED) is 0.333. The molecule has 0 atom stereocenters. The first-order valence-corrected chi connectivity index (χ1v) is 10.6. The zero-order valence-electron chi connectivity index (χ0n) is 16.7. The number of amides is 1. The van der Waals surface area contributed by atoms with Gasteiger partial charge in [0.1, 0.15) is 5.82 Å². The molecule has 0 aliphatic carbocycles. The van der Waals surface area contributed by atoms with Crippen molar-refractivity contribution in [1.82, 2.24) is 9.97 Å². The summed E-state index contributed by atoms with van der Waals surface area (Å²) in [5, 5.41) is 3.88. The second-order valence-electron chi connectivity index (χ2n) is 7.04. The van der Waals surface area contributed by atoms with Gasteiger partial charge in [0.25, 0.3) is 5.91 Å². The van der Waals surface area contributed by atoms with Gasteiger partial charge in [0.2, 0.25) is 0 Å². The van der Waals surface area contributed by atoms with Gasteiger partial charge < -0.3 is 15.0 Å². The van der Waals surface area contributed by atoms with E-state index >= 15 is 0 Å². The summed E-state index contributed by atoms with van der Waals surface area (Å²) >= 11 is 18.8. The van der Waals surface area contributed by atoms with E-state index in [1.165, 1.54) is 0 Å². The van der Waals surface area contributed by atoms with E-state index in [1.807, 2.05) is 42.5 Å². The molecule has 4 rings (SSSR count). The molecule has 1 aromatic heterocycles. The van der Waals surface area contributed by atoms with Crippen LogP contribution in [0.1, 0.15) is 11.1 Å². The van der Waals surface area contributed by atoms with Crippen LogP contribution in [0.15, 0.2) is 48.5 Å². The number of aromatic nitrogens is 2. The van der Waals surface area contributed by atoms with Crippen LogP contribution < -0.4 is 10.1 Å². The highest BCUT2D eigenvalue weighted by atomic mass is 35.5. The molecule has 0 saturated carbocycles. The van der Waals surface area contributed by atoms with Gasteiger partial charge in [-0.1, -0.05) is 59.1 Å². The lowest BCUT2D eigenvalue weighted by Gasteiger charge is -2.15. The number of nitrogens with one attached hydrogen (secondary N) is 2. The highest BCUT2D eigenvalue weighted by molar-refractivity contribution is 6.42. The van der Waals surface area contributed by atoms with Gasteiger partial charge in [-0.3, -0.25) is 4.79 Å². The van der Waals surface area contributed by atoms with E-state index in [9.17, 15) is 4.79 Å². The summed E-state index contributed by atoms with van der Waals surface area (Å²) in [7, 11) is 0. The maximum atomic E-state index is 12.5. The third kappa shape index (κ3) is 4.35. The molecule has 31 heavy (non-hydrogen) atoms. The molecular formula is C23H18Cl3N3O2. The minimum absolute atomic E-state index is 0.244. The summed E-state index contributed by atoms with van der Waals surface area (Å²) in [6.45, 7) is 3.28. The summed E-state index contributed by atoms with van der Waals surface area (Å²) in [4.78, 5) is 20.3. The molecular weight excluding hydrogens is 457 g/mol. The van der Waals surface area contributed by atoms with Gasteiger partial charge in [0.15, 0.2) is 12.4 Å². The van der Waals surface area contributed by atoms with Gasteiger partial charge in [-0.05, 0) is 49.2 Å². The van der Waals surface area contributed by atoms with Crippen molar-refractivity contribution in [1.29, 1.82) is 0 Å². The summed E-state index contributed by atoms with van der Waals surface area (Å²) in [5.41, 5.74) is 4.60. The molecule has 1 amide bonds. The zero-order chi connectivity index (χ0) is 22.1. The maximum Gasteiger partial charge on any atom is 0.262 e. The maximum absolute atomic E-state index is 12.5. The highest BCUT2D eigenvalue weighted by Gasteiger charge is 2.19. The van der Waals surface area contributed by atoms with Gasteiger partial charge in [0, 0.05) is 16.3 Å². The van der Waals surface area contributed by atoms with E-state index in [0.717, 1.165) is 22.4 Å². The number of halogens is 3. The number of carbonyl (C=O) groups excluding carboxylic acids is 1. The molecule has 0 radical (unpaired) electrons. The lowest BCUT2D eigenvalue weighted by Crippen LogP contribution is -2.20. The molecule has 8 heteroatoms. The van der Waals surface area contributed by atoms with E-state index in [2.05, 4.69) is 15.3 Å². The van der Waals surface area contributed by atoms with Gasteiger partial charge in [-0.2, -0.15) is 0 Å². The van der Waals surface area contributed by atoms with Crippen molar-refractivity contribution in [2.24, 2.45) is 0 Å². The number of carbonyl (C=O) groups is 1. The minimum Gasteiger partial charge on any atom is -0.481 e. The van der Waals surface area contributed by atoms with E-state index < -0.39 is 0 Å². The molecule has 158 valence electrons. The minimum atomic E-state index is -0.348. The SMILES string of the molecule is Cc1c(Cl)c(C)c(Cl)c(OCC(=O)Nc2cccc(-c3nc4ccccc4[nH]3)c2)c1Cl. The van der Waals surface area contributed by atoms with Crippen molar-refractivity contribution in [3.63, 3.8) is 0 Å². The molecule has 0 aliphatic heterocycles. The molecule has 0 unspecified atom stereocenters. The predicted molar refractivity (Wildman–Crippen MR) is 127 cm³/mol. The van der Waals surface area contributed by atoms with Crippen LogP contribution in [-0.2, 0) is 4.79 Å². The van der Waals surface area contributed by atoms with Crippen molar-refractivity contribution < 1.29 is 9.53 Å². The Labute approximate surface area is 194 Å². The Hall–Kier alpha value is -2.73. The number of benzene rings is 3. The summed E-state index contributed by atoms with van der Waals surface area (Å²) in [6, 6.07) is 15.2. The number of fused-ring (bicyclic) bond motifs is 1.